The molecule has 10 heteroatoms. The summed E-state index contributed by atoms with van der Waals surface area (Å²) in [5.74, 6) is -0.604. The number of hydrogen-bond donors (Lipinski definition) is 4. The minimum Gasteiger partial charge on any atom is -0.445 e. The molecule has 10 nitrogen and oxygen atoms in total. The fraction of sp³-hybridized carbons (Fsp3) is 0.407. The Morgan fingerprint density at radius 2 is 1.00 bits per heavy atom. The van der Waals surface area contributed by atoms with E-state index in [4.69, 9.17) is 9.47 Å². The molecule has 0 saturated carbocycles. The highest BCUT2D eigenvalue weighted by molar-refractivity contribution is 5.85. The van der Waals surface area contributed by atoms with Gasteiger partial charge in [0, 0.05) is 13.1 Å². The molecule has 0 heterocycles. The van der Waals surface area contributed by atoms with Gasteiger partial charge in [0.25, 0.3) is 0 Å². The zero-order valence-electron chi connectivity index (χ0n) is 21.3. The number of hydrogen-bond acceptors (Lipinski definition) is 6. The fourth-order valence-corrected chi connectivity index (χ4v) is 3.17. The van der Waals surface area contributed by atoms with Gasteiger partial charge >= 0.3 is 12.2 Å². The lowest BCUT2D eigenvalue weighted by atomic mass is 10.2. The number of nitrogens with one attached hydrogen (secondary N) is 4. The summed E-state index contributed by atoms with van der Waals surface area (Å²) >= 11 is 0. The predicted octanol–water partition coefficient (Wildman–Crippen LogP) is 3.02. The van der Waals surface area contributed by atoms with E-state index in [1.807, 2.05) is 60.7 Å². The van der Waals surface area contributed by atoms with Crippen molar-refractivity contribution in [3.8, 4) is 0 Å². The molecule has 0 aliphatic rings. The Hall–Kier alpha value is -4.08. The van der Waals surface area contributed by atoms with E-state index in [1.165, 1.54) is 0 Å². The third-order valence-corrected chi connectivity index (χ3v) is 5.33. The smallest absolute Gasteiger partial charge is 0.408 e. The van der Waals surface area contributed by atoms with Gasteiger partial charge in [0.2, 0.25) is 11.8 Å². The van der Waals surface area contributed by atoms with Crippen molar-refractivity contribution in [2.75, 3.05) is 13.1 Å². The van der Waals surface area contributed by atoms with Crippen molar-refractivity contribution in [2.45, 2.75) is 58.4 Å². The van der Waals surface area contributed by atoms with Gasteiger partial charge < -0.3 is 30.7 Å². The quantitative estimate of drug-likeness (QED) is 0.288. The Morgan fingerprint density at radius 1 is 0.622 bits per heavy atom. The monoisotopic (exact) mass is 512 g/mol. The molecular formula is C27H36N4O6. The molecule has 4 amide bonds. The van der Waals surface area contributed by atoms with Crippen LogP contribution >= 0.6 is 0 Å². The van der Waals surface area contributed by atoms with Gasteiger partial charge in [-0.2, -0.15) is 0 Å². The Bertz CT molecular complexity index is 907. The second-order valence-electron chi connectivity index (χ2n) is 8.50. The molecule has 2 aromatic carbocycles. The first kappa shape index (κ1) is 29.2. The third kappa shape index (κ3) is 12.4. The van der Waals surface area contributed by atoms with Gasteiger partial charge in [-0.25, -0.2) is 9.59 Å². The molecule has 0 saturated heterocycles. The van der Waals surface area contributed by atoms with Gasteiger partial charge in [0.1, 0.15) is 25.3 Å². The lowest BCUT2D eigenvalue weighted by molar-refractivity contribution is -0.123. The maximum atomic E-state index is 12.1. The number of carbonyl (C=O) groups excluding carboxylic acids is 4. The maximum Gasteiger partial charge on any atom is 0.408 e. The summed E-state index contributed by atoms with van der Waals surface area (Å²) in [7, 11) is 0. The Balaban J connectivity index is 1.48. The molecule has 200 valence electrons. The van der Waals surface area contributed by atoms with Gasteiger partial charge in [-0.3, -0.25) is 9.59 Å². The zero-order chi connectivity index (χ0) is 26.9. The van der Waals surface area contributed by atoms with Crippen LogP contribution in [0.25, 0.3) is 0 Å². The summed E-state index contributed by atoms with van der Waals surface area (Å²) in [5, 5.41) is 10.5. The molecule has 0 bridgehead atoms. The van der Waals surface area contributed by atoms with Crippen molar-refractivity contribution >= 4 is 24.0 Å². The van der Waals surface area contributed by atoms with E-state index in [0.29, 0.717) is 25.9 Å². The number of carbonyl (C=O) groups is 4. The van der Waals surface area contributed by atoms with Crippen molar-refractivity contribution in [3.63, 3.8) is 0 Å². The average Bonchev–Trinajstić information content (AvgIpc) is 2.91. The van der Waals surface area contributed by atoms with Crippen LogP contribution in [-0.4, -0.2) is 49.2 Å². The van der Waals surface area contributed by atoms with E-state index < -0.39 is 24.3 Å². The minimum atomic E-state index is -0.726. The molecular weight excluding hydrogens is 476 g/mol. The van der Waals surface area contributed by atoms with Crippen LogP contribution in [0.2, 0.25) is 0 Å². The number of rotatable bonds is 14. The van der Waals surface area contributed by atoms with Crippen LogP contribution in [0.3, 0.4) is 0 Å². The summed E-state index contributed by atoms with van der Waals surface area (Å²) in [4.78, 5) is 48.0. The highest BCUT2D eigenvalue weighted by Gasteiger charge is 2.17. The Kier molecular flexibility index (Phi) is 13.1. The van der Waals surface area contributed by atoms with Crippen LogP contribution < -0.4 is 21.3 Å². The SMILES string of the molecule is C[C@H](NC(=O)OCc1ccccc1)C(=O)NCCCCCNC(=O)[C@H](C)NC(=O)OCc1ccccc1. The summed E-state index contributed by atoms with van der Waals surface area (Å²) in [5.41, 5.74) is 1.72. The predicted molar refractivity (Wildman–Crippen MR) is 138 cm³/mol. The standard InChI is InChI=1S/C27H36N4O6/c1-20(30-26(34)36-18-22-12-6-3-7-13-22)24(32)28-16-10-5-11-17-29-25(33)21(2)31-27(35)37-19-23-14-8-4-9-15-23/h3-4,6-9,12-15,20-21H,5,10-11,16-19H2,1-2H3,(H,28,32)(H,29,33)(H,30,34)(H,31,35)/t20-,21-/m0/s1. The molecule has 4 N–H and O–H groups in total. The molecule has 0 spiro atoms. The normalized spacial score (nSPS) is 11.9. The van der Waals surface area contributed by atoms with Crippen molar-refractivity contribution in [1.29, 1.82) is 0 Å². The van der Waals surface area contributed by atoms with Gasteiger partial charge in [0.05, 0.1) is 0 Å². The minimum absolute atomic E-state index is 0.130. The van der Waals surface area contributed by atoms with E-state index in [1.54, 1.807) is 13.8 Å². The summed E-state index contributed by atoms with van der Waals surface area (Å²) in [6, 6.07) is 17.1. The second-order valence-corrected chi connectivity index (χ2v) is 8.50. The molecule has 37 heavy (non-hydrogen) atoms. The Morgan fingerprint density at radius 3 is 1.38 bits per heavy atom. The topological polar surface area (TPSA) is 135 Å². The molecule has 0 aliphatic carbocycles. The Labute approximate surface area is 217 Å². The van der Waals surface area contributed by atoms with Gasteiger partial charge in [0.15, 0.2) is 0 Å². The first-order valence-electron chi connectivity index (χ1n) is 12.3. The van der Waals surface area contributed by atoms with E-state index >= 15 is 0 Å². The van der Waals surface area contributed by atoms with E-state index in [-0.39, 0.29) is 25.0 Å². The zero-order valence-corrected chi connectivity index (χ0v) is 21.3. The van der Waals surface area contributed by atoms with Crippen LogP contribution in [0.15, 0.2) is 60.7 Å². The second kappa shape index (κ2) is 16.6. The molecule has 2 rings (SSSR count). The van der Waals surface area contributed by atoms with Crippen LogP contribution in [0.5, 0.6) is 0 Å². The molecule has 2 atom stereocenters. The molecule has 0 fully saturated rings. The highest BCUT2D eigenvalue weighted by atomic mass is 16.6. The van der Waals surface area contributed by atoms with Crippen molar-refractivity contribution in [1.82, 2.24) is 21.3 Å². The van der Waals surface area contributed by atoms with E-state index in [9.17, 15) is 19.2 Å². The number of alkyl carbamates (subject to hydrolysis) is 2. The van der Waals surface area contributed by atoms with Crippen LogP contribution in [0.1, 0.15) is 44.2 Å². The van der Waals surface area contributed by atoms with E-state index in [2.05, 4.69) is 21.3 Å². The molecule has 0 radical (unpaired) electrons. The number of amides is 4. The van der Waals surface area contributed by atoms with E-state index in [0.717, 1.165) is 17.5 Å². The van der Waals surface area contributed by atoms with Gasteiger partial charge in [-0.15, -0.1) is 0 Å². The van der Waals surface area contributed by atoms with Gasteiger partial charge in [-0.05, 0) is 44.2 Å². The summed E-state index contributed by atoms with van der Waals surface area (Å²) in [6.07, 6.45) is 0.895. The number of ether oxygens (including phenoxy) is 2. The maximum absolute atomic E-state index is 12.1. The first-order chi connectivity index (χ1) is 17.8. The molecule has 2 aromatic rings. The summed E-state index contributed by atoms with van der Waals surface area (Å²) in [6.45, 7) is 4.32. The van der Waals surface area contributed by atoms with Crippen molar-refractivity contribution < 1.29 is 28.7 Å². The van der Waals surface area contributed by atoms with Crippen LogP contribution in [-0.2, 0) is 32.3 Å². The largest absolute Gasteiger partial charge is 0.445 e. The van der Waals surface area contributed by atoms with Gasteiger partial charge in [-0.1, -0.05) is 60.7 Å². The summed E-state index contributed by atoms with van der Waals surface area (Å²) < 4.78 is 10.2. The van der Waals surface area contributed by atoms with Crippen molar-refractivity contribution in [3.05, 3.63) is 71.8 Å². The number of benzene rings is 2. The van der Waals surface area contributed by atoms with Crippen LogP contribution in [0.4, 0.5) is 9.59 Å². The molecule has 0 unspecified atom stereocenters. The molecule has 0 aliphatic heterocycles. The fourth-order valence-electron chi connectivity index (χ4n) is 3.17. The number of unbranched alkanes of at least 4 members (excludes halogenated alkanes) is 2. The van der Waals surface area contributed by atoms with Crippen LogP contribution in [0, 0.1) is 0 Å². The lowest BCUT2D eigenvalue weighted by Crippen LogP contribution is -2.45. The average molecular weight is 513 g/mol. The van der Waals surface area contributed by atoms with Crippen molar-refractivity contribution in [2.24, 2.45) is 0 Å². The third-order valence-electron chi connectivity index (χ3n) is 5.33. The molecule has 0 aromatic heterocycles. The highest BCUT2D eigenvalue weighted by Crippen LogP contribution is 2.02. The lowest BCUT2D eigenvalue weighted by Gasteiger charge is -2.15. The first-order valence-corrected chi connectivity index (χ1v) is 12.3.